The summed E-state index contributed by atoms with van der Waals surface area (Å²) < 4.78 is 31.2. The van der Waals surface area contributed by atoms with Gasteiger partial charge in [-0.25, -0.2) is 14.2 Å². The van der Waals surface area contributed by atoms with Crippen LogP contribution in [-0.2, 0) is 13.0 Å². The van der Waals surface area contributed by atoms with Crippen LogP contribution >= 0.6 is 11.3 Å². The predicted molar refractivity (Wildman–Crippen MR) is 128 cm³/mol. The molecule has 1 aromatic heterocycles. The number of thiazole rings is 1. The average molecular weight is 496 g/mol. The summed E-state index contributed by atoms with van der Waals surface area (Å²) in [6.45, 7) is 0.509. The van der Waals surface area contributed by atoms with Crippen LogP contribution in [0.2, 0.25) is 0 Å². The van der Waals surface area contributed by atoms with E-state index in [4.69, 9.17) is 14.2 Å². The number of carbonyl (C=O) groups is 1. The van der Waals surface area contributed by atoms with E-state index in [-0.39, 0.29) is 29.7 Å². The number of hydrogen-bond donors (Lipinski definition) is 2. The zero-order valence-electron chi connectivity index (χ0n) is 18.7. The third kappa shape index (κ3) is 4.78. The Morgan fingerprint density at radius 3 is 2.86 bits per heavy atom. The van der Waals surface area contributed by atoms with Gasteiger partial charge in [-0.15, -0.1) is 11.3 Å². The summed E-state index contributed by atoms with van der Waals surface area (Å²) in [4.78, 5) is 15.9. The summed E-state index contributed by atoms with van der Waals surface area (Å²) in [5.41, 5.74) is 2.04. The van der Waals surface area contributed by atoms with Crippen molar-refractivity contribution in [1.29, 1.82) is 0 Å². The van der Waals surface area contributed by atoms with Gasteiger partial charge in [-0.2, -0.15) is 0 Å². The van der Waals surface area contributed by atoms with E-state index in [9.17, 15) is 19.4 Å². The van der Waals surface area contributed by atoms with Crippen molar-refractivity contribution < 1.29 is 33.6 Å². The standard InChI is InChI=1S/C26H22FNO6S/c1-32-21-5-2-14(9-19(21)26(30)31)8-15-12-34-22-6-4-17(11-18(22)25(15)29)33-13-24-28-20-10-16(27)3-7-23(20)35-24/h2-7,9-11,15,25,29H,8,12-13H2,1H3,(H,30,31)/t15-,25-/m1/s1. The van der Waals surface area contributed by atoms with E-state index < -0.39 is 12.1 Å². The summed E-state index contributed by atoms with van der Waals surface area (Å²) in [5.74, 6) is -0.261. The van der Waals surface area contributed by atoms with Gasteiger partial charge in [0, 0.05) is 17.5 Å². The number of aliphatic hydroxyl groups is 1. The Hall–Kier alpha value is -3.69. The van der Waals surface area contributed by atoms with E-state index in [0.717, 1.165) is 10.3 Å². The van der Waals surface area contributed by atoms with Crippen LogP contribution in [-0.4, -0.2) is 34.9 Å². The van der Waals surface area contributed by atoms with Gasteiger partial charge in [-0.05, 0) is 54.4 Å². The summed E-state index contributed by atoms with van der Waals surface area (Å²) >= 11 is 1.43. The zero-order chi connectivity index (χ0) is 24.5. The number of methoxy groups -OCH3 is 1. The Morgan fingerprint density at radius 2 is 2.06 bits per heavy atom. The molecule has 7 nitrogen and oxygen atoms in total. The second kappa shape index (κ2) is 9.52. The van der Waals surface area contributed by atoms with Gasteiger partial charge < -0.3 is 24.4 Å². The van der Waals surface area contributed by atoms with E-state index in [1.807, 2.05) is 0 Å². The third-order valence-electron chi connectivity index (χ3n) is 5.95. The van der Waals surface area contributed by atoms with Crippen LogP contribution in [0, 0.1) is 11.7 Å². The fraction of sp³-hybridized carbons (Fsp3) is 0.231. The first kappa shape index (κ1) is 23.1. The lowest BCUT2D eigenvalue weighted by Crippen LogP contribution is -2.27. The lowest BCUT2D eigenvalue weighted by Gasteiger charge is -2.30. The maximum atomic E-state index is 13.4. The second-order valence-corrected chi connectivity index (χ2v) is 9.38. The number of aliphatic hydroxyl groups excluding tert-OH is 1. The van der Waals surface area contributed by atoms with Gasteiger partial charge in [-0.3, -0.25) is 0 Å². The maximum Gasteiger partial charge on any atom is 0.339 e. The Balaban J connectivity index is 1.30. The molecule has 4 aromatic rings. The molecule has 0 amide bonds. The van der Waals surface area contributed by atoms with Crippen LogP contribution in [0.15, 0.2) is 54.6 Å². The SMILES string of the molecule is COc1ccc(C[C@@H]2COc3ccc(OCc4nc5cc(F)ccc5s4)cc3[C@@H]2O)cc1C(=O)O. The van der Waals surface area contributed by atoms with Crippen LogP contribution in [0.1, 0.15) is 32.6 Å². The van der Waals surface area contributed by atoms with Crippen molar-refractivity contribution in [3.8, 4) is 17.2 Å². The summed E-state index contributed by atoms with van der Waals surface area (Å²) in [7, 11) is 1.42. The average Bonchev–Trinajstić information content (AvgIpc) is 3.26. The van der Waals surface area contributed by atoms with Crippen LogP contribution in [0.25, 0.3) is 10.2 Å². The quantitative estimate of drug-likeness (QED) is 0.372. The first-order valence-electron chi connectivity index (χ1n) is 10.9. The maximum absolute atomic E-state index is 13.4. The molecule has 2 N–H and O–H groups in total. The number of rotatable bonds is 7. The van der Waals surface area contributed by atoms with Crippen molar-refractivity contribution in [2.45, 2.75) is 19.1 Å². The number of carboxylic acid groups (broad SMARTS) is 1. The van der Waals surface area contributed by atoms with Crippen molar-refractivity contribution in [3.63, 3.8) is 0 Å². The van der Waals surface area contributed by atoms with Gasteiger partial charge in [0.05, 0.1) is 30.0 Å². The van der Waals surface area contributed by atoms with Gasteiger partial charge in [0.15, 0.2) is 0 Å². The Labute approximate surface area is 204 Å². The first-order valence-corrected chi connectivity index (χ1v) is 11.8. The molecule has 9 heteroatoms. The van der Waals surface area contributed by atoms with Crippen molar-refractivity contribution in [1.82, 2.24) is 4.98 Å². The fourth-order valence-corrected chi connectivity index (χ4v) is 5.06. The normalized spacial score (nSPS) is 17.0. The number of hydrogen-bond acceptors (Lipinski definition) is 7. The molecule has 180 valence electrons. The lowest BCUT2D eigenvalue weighted by atomic mass is 9.87. The summed E-state index contributed by atoms with van der Waals surface area (Å²) in [5, 5.41) is 21.2. The number of carboxylic acids is 1. The molecule has 1 aliphatic heterocycles. The Bertz CT molecular complexity index is 1400. The van der Waals surface area contributed by atoms with Gasteiger partial charge in [0.25, 0.3) is 0 Å². The minimum absolute atomic E-state index is 0.0740. The van der Waals surface area contributed by atoms with Gasteiger partial charge in [0.1, 0.15) is 40.2 Å². The molecule has 0 radical (unpaired) electrons. The molecule has 2 heterocycles. The smallest absolute Gasteiger partial charge is 0.339 e. The lowest BCUT2D eigenvalue weighted by molar-refractivity contribution is 0.0504. The second-order valence-electron chi connectivity index (χ2n) is 8.27. The molecule has 2 atom stereocenters. The highest BCUT2D eigenvalue weighted by Crippen LogP contribution is 2.39. The highest BCUT2D eigenvalue weighted by molar-refractivity contribution is 7.18. The van der Waals surface area contributed by atoms with Crippen molar-refractivity contribution in [2.24, 2.45) is 5.92 Å². The number of benzene rings is 3. The van der Waals surface area contributed by atoms with E-state index >= 15 is 0 Å². The van der Waals surface area contributed by atoms with E-state index in [0.29, 0.717) is 40.6 Å². The van der Waals surface area contributed by atoms with E-state index in [2.05, 4.69) is 4.98 Å². The topological polar surface area (TPSA) is 98.1 Å². The number of nitrogens with zero attached hydrogens (tertiary/aromatic N) is 1. The minimum atomic E-state index is -1.07. The van der Waals surface area contributed by atoms with Crippen LogP contribution in [0.5, 0.6) is 17.2 Å². The molecule has 0 fully saturated rings. The molecule has 3 aromatic carbocycles. The Kier molecular flexibility index (Phi) is 6.27. The molecular formula is C26H22FNO6S. The van der Waals surface area contributed by atoms with E-state index in [1.165, 1.54) is 30.6 Å². The molecular weight excluding hydrogens is 473 g/mol. The monoisotopic (exact) mass is 495 g/mol. The molecule has 0 unspecified atom stereocenters. The van der Waals surface area contributed by atoms with Crippen molar-refractivity contribution in [3.05, 3.63) is 82.1 Å². The minimum Gasteiger partial charge on any atom is -0.496 e. The molecule has 0 saturated heterocycles. The van der Waals surface area contributed by atoms with Crippen molar-refractivity contribution in [2.75, 3.05) is 13.7 Å². The number of aromatic nitrogens is 1. The number of fused-ring (bicyclic) bond motifs is 2. The van der Waals surface area contributed by atoms with Crippen molar-refractivity contribution >= 4 is 27.5 Å². The summed E-state index contributed by atoms with van der Waals surface area (Å²) in [6, 6.07) is 14.7. The molecule has 1 aliphatic rings. The van der Waals surface area contributed by atoms with Crippen LogP contribution < -0.4 is 14.2 Å². The Morgan fingerprint density at radius 1 is 1.20 bits per heavy atom. The third-order valence-corrected chi connectivity index (χ3v) is 6.96. The summed E-state index contributed by atoms with van der Waals surface area (Å²) in [6.07, 6.45) is -0.388. The van der Waals surface area contributed by atoms with E-state index in [1.54, 1.807) is 42.5 Å². The molecule has 0 spiro atoms. The van der Waals surface area contributed by atoms with Gasteiger partial charge in [0.2, 0.25) is 0 Å². The largest absolute Gasteiger partial charge is 0.496 e. The molecule has 0 saturated carbocycles. The van der Waals surface area contributed by atoms with Crippen LogP contribution in [0.4, 0.5) is 4.39 Å². The molecule has 5 rings (SSSR count). The molecule has 0 bridgehead atoms. The fourth-order valence-electron chi connectivity index (χ4n) is 4.20. The van der Waals surface area contributed by atoms with Crippen LogP contribution in [0.3, 0.4) is 0 Å². The number of aromatic carboxylic acids is 1. The highest BCUT2D eigenvalue weighted by atomic mass is 32.1. The first-order chi connectivity index (χ1) is 16.9. The van der Waals surface area contributed by atoms with Gasteiger partial charge in [-0.1, -0.05) is 6.07 Å². The number of halogens is 1. The number of ether oxygens (including phenoxy) is 3. The molecule has 35 heavy (non-hydrogen) atoms. The highest BCUT2D eigenvalue weighted by Gasteiger charge is 2.30. The predicted octanol–water partition coefficient (Wildman–Crippen LogP) is 5.01. The zero-order valence-corrected chi connectivity index (χ0v) is 19.5. The molecule has 0 aliphatic carbocycles. The van der Waals surface area contributed by atoms with Gasteiger partial charge >= 0.3 is 5.97 Å².